The number of aromatic nitrogens is 1. The molecule has 0 aliphatic rings. The molecular formula is C46H28N2OS. The van der Waals surface area contributed by atoms with Crippen molar-refractivity contribution >= 4 is 103 Å². The average Bonchev–Trinajstić information content (AvgIpc) is 3.84. The van der Waals surface area contributed by atoms with Gasteiger partial charge in [0.1, 0.15) is 5.58 Å². The Hall–Kier alpha value is -6.36. The molecule has 11 rings (SSSR count). The van der Waals surface area contributed by atoms with Crippen molar-refractivity contribution in [1.29, 1.82) is 0 Å². The average molecular weight is 657 g/mol. The topological polar surface area (TPSA) is 21.3 Å². The van der Waals surface area contributed by atoms with Gasteiger partial charge in [0.2, 0.25) is 0 Å². The molecule has 3 aromatic heterocycles. The summed E-state index contributed by atoms with van der Waals surface area (Å²) in [5, 5.41) is 9.56. The third kappa shape index (κ3) is 3.97. The van der Waals surface area contributed by atoms with Gasteiger partial charge in [-0.05, 0) is 77.5 Å². The van der Waals surface area contributed by atoms with Gasteiger partial charge in [0.05, 0.1) is 22.4 Å². The first-order valence-electron chi connectivity index (χ1n) is 16.9. The van der Waals surface area contributed by atoms with Gasteiger partial charge in [-0.3, -0.25) is 0 Å². The van der Waals surface area contributed by atoms with Crippen molar-refractivity contribution in [2.45, 2.75) is 0 Å². The van der Waals surface area contributed by atoms with Crippen molar-refractivity contribution in [3.63, 3.8) is 0 Å². The number of para-hydroxylation sites is 4. The minimum Gasteiger partial charge on any atom is -0.454 e. The van der Waals surface area contributed by atoms with Crippen molar-refractivity contribution in [2.24, 2.45) is 0 Å². The Kier molecular flexibility index (Phi) is 5.83. The predicted molar refractivity (Wildman–Crippen MR) is 213 cm³/mol. The largest absolute Gasteiger partial charge is 0.454 e. The van der Waals surface area contributed by atoms with Crippen LogP contribution in [0.25, 0.3) is 80.4 Å². The number of benzene rings is 8. The Balaban J connectivity index is 1.28. The van der Waals surface area contributed by atoms with E-state index in [1.165, 1.54) is 47.2 Å². The summed E-state index contributed by atoms with van der Waals surface area (Å²) in [7, 11) is 0. The molecular weight excluding hydrogens is 629 g/mol. The standard InChI is InChI=1S/C46H28N2OS/c1-2-14-31(15-3-1)48-39-20-8-6-16-33(39)35-18-10-21-40(45(35)48)47(32-24-25-44-38(28-32)34-17-7-9-23-43(34)50-44)41-22-11-19-36-37-26-29-12-4-5-13-30(29)27-42(37)49-46(36)41/h1-28H. The third-order valence-electron chi connectivity index (χ3n) is 10.1. The minimum absolute atomic E-state index is 0.868. The lowest BCUT2D eigenvalue weighted by atomic mass is 10.0. The molecule has 0 N–H and O–H groups in total. The SMILES string of the molecule is c1ccc(-n2c3ccccc3c3cccc(N(c4ccc5sc6ccccc6c5c4)c4cccc5c4oc4cc6ccccc6cc45)c32)cc1. The number of hydrogen-bond donors (Lipinski definition) is 0. The second-order valence-electron chi connectivity index (χ2n) is 12.9. The Morgan fingerprint density at radius 3 is 2.02 bits per heavy atom. The molecule has 4 heteroatoms. The van der Waals surface area contributed by atoms with E-state index in [9.17, 15) is 0 Å². The van der Waals surface area contributed by atoms with E-state index in [2.05, 4.69) is 179 Å². The Bertz CT molecular complexity index is 3110. The fourth-order valence-electron chi connectivity index (χ4n) is 7.93. The zero-order valence-electron chi connectivity index (χ0n) is 26.9. The molecule has 234 valence electrons. The quantitative estimate of drug-likeness (QED) is 0.188. The number of fused-ring (bicyclic) bond motifs is 10. The summed E-state index contributed by atoms with van der Waals surface area (Å²) in [6.07, 6.45) is 0. The smallest absolute Gasteiger partial charge is 0.159 e. The molecule has 0 atom stereocenters. The van der Waals surface area contributed by atoms with Crippen LogP contribution in [0.1, 0.15) is 0 Å². The highest BCUT2D eigenvalue weighted by Crippen LogP contribution is 2.48. The van der Waals surface area contributed by atoms with Crippen LogP contribution in [-0.2, 0) is 0 Å². The Labute approximate surface area is 291 Å². The molecule has 50 heavy (non-hydrogen) atoms. The number of nitrogens with zero attached hydrogens (tertiary/aromatic N) is 2. The van der Waals surface area contributed by atoms with Gasteiger partial charge in [0.15, 0.2) is 5.58 Å². The summed E-state index contributed by atoms with van der Waals surface area (Å²) in [6, 6.07) is 61.3. The van der Waals surface area contributed by atoms with E-state index in [1.54, 1.807) is 0 Å². The van der Waals surface area contributed by atoms with Crippen molar-refractivity contribution < 1.29 is 4.42 Å². The normalized spacial score (nSPS) is 12.0. The minimum atomic E-state index is 0.868. The van der Waals surface area contributed by atoms with Crippen LogP contribution in [0.5, 0.6) is 0 Å². The van der Waals surface area contributed by atoms with E-state index in [0.717, 1.165) is 50.2 Å². The lowest BCUT2D eigenvalue weighted by Gasteiger charge is -2.27. The van der Waals surface area contributed by atoms with Crippen LogP contribution in [0.15, 0.2) is 174 Å². The highest BCUT2D eigenvalue weighted by molar-refractivity contribution is 7.25. The molecule has 0 saturated heterocycles. The third-order valence-corrected chi connectivity index (χ3v) is 11.3. The van der Waals surface area contributed by atoms with E-state index in [1.807, 2.05) is 11.3 Å². The van der Waals surface area contributed by atoms with Crippen molar-refractivity contribution in [2.75, 3.05) is 4.90 Å². The monoisotopic (exact) mass is 656 g/mol. The first-order chi connectivity index (χ1) is 24.8. The van der Waals surface area contributed by atoms with E-state index in [4.69, 9.17) is 4.42 Å². The molecule has 11 aromatic rings. The van der Waals surface area contributed by atoms with Gasteiger partial charge < -0.3 is 13.9 Å². The molecule has 0 spiro atoms. The summed E-state index contributed by atoms with van der Waals surface area (Å²) >= 11 is 1.84. The maximum Gasteiger partial charge on any atom is 0.159 e. The molecule has 0 radical (unpaired) electrons. The molecule has 8 aromatic carbocycles. The van der Waals surface area contributed by atoms with Gasteiger partial charge in [-0.2, -0.15) is 0 Å². The highest BCUT2D eigenvalue weighted by atomic mass is 32.1. The summed E-state index contributed by atoms with van der Waals surface area (Å²) in [5.41, 5.74) is 8.37. The molecule has 0 aliphatic heterocycles. The van der Waals surface area contributed by atoms with Crippen molar-refractivity contribution in [1.82, 2.24) is 4.57 Å². The maximum absolute atomic E-state index is 6.90. The predicted octanol–water partition coefficient (Wildman–Crippen LogP) is 13.7. The van der Waals surface area contributed by atoms with Crippen molar-refractivity contribution in [3.8, 4) is 5.69 Å². The second kappa shape index (κ2) is 10.6. The van der Waals surface area contributed by atoms with E-state index in [-0.39, 0.29) is 0 Å². The Morgan fingerprint density at radius 1 is 0.460 bits per heavy atom. The van der Waals surface area contributed by atoms with Gasteiger partial charge in [-0.1, -0.05) is 103 Å². The maximum atomic E-state index is 6.90. The number of anilines is 3. The Morgan fingerprint density at radius 2 is 1.14 bits per heavy atom. The molecule has 0 aliphatic carbocycles. The number of hydrogen-bond acceptors (Lipinski definition) is 3. The van der Waals surface area contributed by atoms with E-state index in [0.29, 0.717) is 0 Å². The molecule has 3 nitrogen and oxygen atoms in total. The number of thiophene rings is 1. The van der Waals surface area contributed by atoms with Crippen LogP contribution in [0.4, 0.5) is 17.1 Å². The van der Waals surface area contributed by atoms with Crippen LogP contribution >= 0.6 is 11.3 Å². The van der Waals surface area contributed by atoms with E-state index >= 15 is 0 Å². The molecule has 0 amide bonds. The first kappa shape index (κ1) is 27.6. The van der Waals surface area contributed by atoms with Crippen LogP contribution in [-0.4, -0.2) is 4.57 Å². The van der Waals surface area contributed by atoms with Crippen LogP contribution in [0, 0.1) is 0 Å². The van der Waals surface area contributed by atoms with Gasteiger partial charge in [0, 0.05) is 53.1 Å². The fraction of sp³-hybridized carbons (Fsp3) is 0. The summed E-state index contributed by atoms with van der Waals surface area (Å²) in [4.78, 5) is 2.41. The van der Waals surface area contributed by atoms with Gasteiger partial charge >= 0.3 is 0 Å². The lowest BCUT2D eigenvalue weighted by molar-refractivity contribution is 0.669. The summed E-state index contributed by atoms with van der Waals surface area (Å²) < 4.78 is 11.9. The zero-order chi connectivity index (χ0) is 32.8. The highest BCUT2D eigenvalue weighted by Gasteiger charge is 2.25. The molecule has 0 saturated carbocycles. The molecule has 0 unspecified atom stereocenters. The molecule has 3 heterocycles. The van der Waals surface area contributed by atoms with Gasteiger partial charge in [-0.25, -0.2) is 0 Å². The lowest BCUT2D eigenvalue weighted by Crippen LogP contribution is -2.12. The zero-order valence-corrected chi connectivity index (χ0v) is 27.7. The fourth-order valence-corrected chi connectivity index (χ4v) is 9.02. The summed E-state index contributed by atoms with van der Waals surface area (Å²) in [5.74, 6) is 0. The van der Waals surface area contributed by atoms with Crippen molar-refractivity contribution in [3.05, 3.63) is 170 Å². The van der Waals surface area contributed by atoms with Crippen LogP contribution < -0.4 is 4.90 Å². The van der Waals surface area contributed by atoms with Crippen LogP contribution in [0.3, 0.4) is 0 Å². The molecule has 0 bridgehead atoms. The number of rotatable bonds is 4. The summed E-state index contributed by atoms with van der Waals surface area (Å²) in [6.45, 7) is 0. The van der Waals surface area contributed by atoms with E-state index < -0.39 is 0 Å². The first-order valence-corrected chi connectivity index (χ1v) is 17.7. The second-order valence-corrected chi connectivity index (χ2v) is 14.0. The molecule has 0 fully saturated rings. The van der Waals surface area contributed by atoms with Gasteiger partial charge in [-0.15, -0.1) is 11.3 Å². The number of furan rings is 1. The van der Waals surface area contributed by atoms with Crippen LogP contribution in [0.2, 0.25) is 0 Å². The van der Waals surface area contributed by atoms with Gasteiger partial charge in [0.25, 0.3) is 0 Å².